The molecule has 3 aromatic heterocycles. The number of pyridine rings is 1. The lowest BCUT2D eigenvalue weighted by atomic mass is 10.2. The van der Waals surface area contributed by atoms with Gasteiger partial charge in [-0.2, -0.15) is 5.10 Å². The van der Waals surface area contributed by atoms with Gasteiger partial charge in [0.1, 0.15) is 17.3 Å². The second-order valence-corrected chi connectivity index (χ2v) is 8.40. The zero-order valence-corrected chi connectivity index (χ0v) is 21.9. The van der Waals surface area contributed by atoms with Crippen molar-refractivity contribution in [1.82, 2.24) is 24.7 Å². The van der Waals surface area contributed by atoms with Crippen LogP contribution < -0.4 is 24.3 Å². The fourth-order valence-corrected chi connectivity index (χ4v) is 3.99. The third-order valence-electron chi connectivity index (χ3n) is 5.81. The Kier molecular flexibility index (Phi) is 7.67. The molecule has 1 amide bonds. The van der Waals surface area contributed by atoms with E-state index in [-0.39, 0.29) is 29.4 Å². The monoisotopic (exact) mass is 544 g/mol. The van der Waals surface area contributed by atoms with Gasteiger partial charge in [0.25, 0.3) is 5.91 Å². The van der Waals surface area contributed by atoms with Gasteiger partial charge >= 0.3 is 0 Å². The lowest BCUT2D eigenvalue weighted by Crippen LogP contribution is -2.15. The summed E-state index contributed by atoms with van der Waals surface area (Å²) in [6.45, 7) is 2.39. The Morgan fingerprint density at radius 2 is 1.80 bits per heavy atom. The maximum Gasteiger partial charge on any atom is 0.280 e. The predicted octanol–water partition coefficient (Wildman–Crippen LogP) is 4.87. The third-order valence-corrected chi connectivity index (χ3v) is 5.81. The molecule has 0 fully saturated rings. The second-order valence-electron chi connectivity index (χ2n) is 8.40. The zero-order valence-electron chi connectivity index (χ0n) is 21.9. The van der Waals surface area contributed by atoms with Crippen LogP contribution in [0.5, 0.6) is 28.7 Å². The van der Waals surface area contributed by atoms with Gasteiger partial charge in [-0.15, -0.1) is 0 Å². The summed E-state index contributed by atoms with van der Waals surface area (Å²) in [4.78, 5) is 25.6. The number of ether oxygens (including phenoxy) is 4. The zero-order chi connectivity index (χ0) is 28.1. The Morgan fingerprint density at radius 1 is 0.975 bits per heavy atom. The molecule has 0 aliphatic heterocycles. The number of nitrogens with one attached hydrogen (secondary N) is 1. The molecule has 5 rings (SSSR count). The number of fused-ring (bicyclic) bond motifs is 1. The number of hydrogen-bond acceptors (Lipinski definition) is 9. The van der Waals surface area contributed by atoms with Gasteiger partial charge in [0.2, 0.25) is 0 Å². The van der Waals surface area contributed by atoms with E-state index in [9.17, 15) is 4.79 Å². The van der Waals surface area contributed by atoms with E-state index in [1.165, 1.54) is 31.0 Å². The van der Waals surface area contributed by atoms with Gasteiger partial charge < -0.3 is 24.3 Å². The van der Waals surface area contributed by atoms with Crippen LogP contribution in [-0.4, -0.2) is 51.5 Å². The van der Waals surface area contributed by atoms with Crippen molar-refractivity contribution in [2.45, 2.75) is 13.5 Å². The smallest absolute Gasteiger partial charge is 0.280 e. The Labute approximate surface area is 228 Å². The van der Waals surface area contributed by atoms with Crippen LogP contribution in [0, 0.1) is 5.82 Å². The average molecular weight is 545 g/mol. The topological polar surface area (TPSA) is 123 Å². The van der Waals surface area contributed by atoms with Crippen molar-refractivity contribution in [2.75, 3.05) is 26.1 Å². The highest BCUT2D eigenvalue weighted by molar-refractivity contribution is 6.04. The predicted molar refractivity (Wildman–Crippen MR) is 144 cm³/mol. The van der Waals surface area contributed by atoms with Crippen LogP contribution in [0.15, 0.2) is 67.4 Å². The van der Waals surface area contributed by atoms with Crippen LogP contribution in [0.2, 0.25) is 0 Å². The summed E-state index contributed by atoms with van der Waals surface area (Å²) >= 11 is 0. The minimum Gasteiger partial charge on any atom is -0.493 e. The highest BCUT2D eigenvalue weighted by atomic mass is 19.1. The Balaban J connectivity index is 1.35. The number of methoxy groups -OCH3 is 2. The minimum absolute atomic E-state index is 0.0121. The molecule has 0 aliphatic carbocycles. The van der Waals surface area contributed by atoms with E-state index in [1.807, 2.05) is 0 Å². The van der Waals surface area contributed by atoms with Crippen LogP contribution in [0.25, 0.3) is 10.9 Å². The number of amides is 1. The molecule has 11 nitrogen and oxygen atoms in total. The summed E-state index contributed by atoms with van der Waals surface area (Å²) in [6.07, 6.45) is 7.90. The number of aromatic nitrogens is 5. The van der Waals surface area contributed by atoms with E-state index in [0.29, 0.717) is 40.5 Å². The molecule has 0 bridgehead atoms. The number of carbonyl (C=O) groups is 1. The van der Waals surface area contributed by atoms with Crippen LogP contribution >= 0.6 is 0 Å². The van der Waals surface area contributed by atoms with Crippen LogP contribution in [0.4, 0.5) is 10.1 Å². The van der Waals surface area contributed by atoms with Crippen molar-refractivity contribution < 1.29 is 28.1 Å². The lowest BCUT2D eigenvalue weighted by molar-refractivity contribution is 0.101. The minimum atomic E-state index is -0.694. The Bertz CT molecular complexity index is 1660. The van der Waals surface area contributed by atoms with Crippen molar-refractivity contribution >= 4 is 22.5 Å². The Hall–Kier alpha value is -5.26. The molecule has 0 atom stereocenters. The van der Waals surface area contributed by atoms with Gasteiger partial charge in [-0.3, -0.25) is 24.4 Å². The summed E-state index contributed by atoms with van der Waals surface area (Å²) < 4.78 is 38.9. The molecule has 2 aromatic carbocycles. The van der Waals surface area contributed by atoms with Gasteiger partial charge in [-0.05, 0) is 31.2 Å². The highest BCUT2D eigenvalue weighted by Gasteiger charge is 2.20. The molecule has 3 heterocycles. The van der Waals surface area contributed by atoms with Crippen molar-refractivity contribution in [3.05, 3.63) is 84.6 Å². The highest BCUT2D eigenvalue weighted by Crippen LogP contribution is 2.37. The molecule has 1 N–H and O–H groups in total. The van der Waals surface area contributed by atoms with Crippen molar-refractivity contribution in [3.8, 4) is 28.7 Å². The molecule has 5 aromatic rings. The van der Waals surface area contributed by atoms with Crippen molar-refractivity contribution in [3.63, 3.8) is 0 Å². The second kappa shape index (κ2) is 11.6. The van der Waals surface area contributed by atoms with E-state index in [2.05, 4.69) is 25.4 Å². The number of halogens is 1. The summed E-state index contributed by atoms with van der Waals surface area (Å²) in [5.74, 6) is 0.633. The number of benzene rings is 2. The third kappa shape index (κ3) is 5.60. The summed E-state index contributed by atoms with van der Waals surface area (Å²) in [5, 5.41) is 7.53. The first-order chi connectivity index (χ1) is 19.5. The van der Waals surface area contributed by atoms with E-state index >= 15 is 4.39 Å². The number of rotatable bonds is 10. The SMILES string of the molecule is CCOc1cn(Cc2cnccn2)nc1C(=O)Nc1ccc(Oc2ccnc3cc(OC)c(OC)cc23)cc1F. The maximum absolute atomic E-state index is 15.1. The van der Waals surface area contributed by atoms with E-state index in [1.54, 1.807) is 62.2 Å². The number of nitrogens with zero attached hydrogens (tertiary/aromatic N) is 5. The first kappa shape index (κ1) is 26.4. The number of anilines is 1. The molecule has 12 heteroatoms. The first-order valence-electron chi connectivity index (χ1n) is 12.2. The molecule has 0 saturated carbocycles. The molecular weight excluding hydrogens is 519 g/mol. The van der Waals surface area contributed by atoms with Gasteiger partial charge in [0, 0.05) is 36.1 Å². The molecule has 0 spiro atoms. The van der Waals surface area contributed by atoms with Gasteiger partial charge in [0.05, 0.1) is 56.7 Å². The fraction of sp³-hybridized carbons (Fsp3) is 0.179. The molecular formula is C28H25FN6O5. The average Bonchev–Trinajstić information content (AvgIpc) is 3.36. The van der Waals surface area contributed by atoms with E-state index in [0.717, 1.165) is 0 Å². The number of hydrogen-bond donors (Lipinski definition) is 1. The fourth-order valence-electron chi connectivity index (χ4n) is 3.99. The maximum atomic E-state index is 15.1. The molecule has 204 valence electrons. The summed E-state index contributed by atoms with van der Waals surface area (Å²) in [5.41, 5.74) is 1.23. The van der Waals surface area contributed by atoms with Gasteiger partial charge in [-0.25, -0.2) is 4.39 Å². The molecule has 0 saturated heterocycles. The molecule has 0 aliphatic rings. The molecule has 0 unspecified atom stereocenters. The van der Waals surface area contributed by atoms with Crippen LogP contribution in [0.1, 0.15) is 23.1 Å². The van der Waals surface area contributed by atoms with Crippen LogP contribution in [-0.2, 0) is 6.54 Å². The molecule has 40 heavy (non-hydrogen) atoms. The van der Waals surface area contributed by atoms with Crippen LogP contribution in [0.3, 0.4) is 0 Å². The largest absolute Gasteiger partial charge is 0.493 e. The quantitative estimate of drug-likeness (QED) is 0.262. The number of carbonyl (C=O) groups excluding carboxylic acids is 1. The van der Waals surface area contributed by atoms with Crippen molar-refractivity contribution in [2.24, 2.45) is 0 Å². The van der Waals surface area contributed by atoms with Gasteiger partial charge in [0.15, 0.2) is 22.9 Å². The lowest BCUT2D eigenvalue weighted by Gasteiger charge is -2.13. The first-order valence-corrected chi connectivity index (χ1v) is 12.2. The molecule has 0 radical (unpaired) electrons. The normalized spacial score (nSPS) is 10.8. The van der Waals surface area contributed by atoms with E-state index in [4.69, 9.17) is 18.9 Å². The Morgan fingerprint density at radius 3 is 2.52 bits per heavy atom. The van der Waals surface area contributed by atoms with Crippen molar-refractivity contribution in [1.29, 1.82) is 0 Å². The standard InChI is InChI=1S/C28H25FN6O5/c1-4-39-26-16-35(15-17-14-30-9-10-31-17)34-27(26)28(36)33-21-6-5-18(11-20(21)29)40-23-7-8-32-22-13-25(38-3)24(37-2)12-19(22)23/h5-14,16H,4,15H2,1-3H3,(H,33,36). The van der Waals surface area contributed by atoms with E-state index < -0.39 is 11.7 Å². The summed E-state index contributed by atoms with van der Waals surface area (Å²) in [6, 6.07) is 9.26. The van der Waals surface area contributed by atoms with Gasteiger partial charge in [-0.1, -0.05) is 0 Å². The summed E-state index contributed by atoms with van der Waals surface area (Å²) in [7, 11) is 3.07.